The number of esters is 1. The van der Waals surface area contributed by atoms with Gasteiger partial charge in [-0.05, 0) is 55.7 Å². The summed E-state index contributed by atoms with van der Waals surface area (Å²) in [5.41, 5.74) is 1.34. The molecule has 1 aliphatic carbocycles. The van der Waals surface area contributed by atoms with Gasteiger partial charge >= 0.3 is 5.97 Å². The monoisotopic (exact) mass is 348 g/mol. The molecule has 0 aromatic heterocycles. The van der Waals surface area contributed by atoms with Crippen LogP contribution in [-0.4, -0.2) is 23.6 Å². The van der Waals surface area contributed by atoms with Crippen molar-refractivity contribution in [3.05, 3.63) is 29.8 Å². The second-order valence-corrected chi connectivity index (χ2v) is 8.24. The lowest BCUT2D eigenvalue weighted by Crippen LogP contribution is -2.28. The van der Waals surface area contributed by atoms with Crippen LogP contribution in [0.2, 0.25) is 0 Å². The highest BCUT2D eigenvalue weighted by atomic mass is 32.2. The molecule has 2 atom stereocenters. The molecule has 4 heteroatoms. The Bertz CT molecular complexity index is 551. The van der Waals surface area contributed by atoms with E-state index in [1.807, 2.05) is 6.92 Å². The van der Waals surface area contributed by atoms with E-state index in [9.17, 15) is 9.59 Å². The van der Waals surface area contributed by atoms with Crippen molar-refractivity contribution in [1.29, 1.82) is 0 Å². The van der Waals surface area contributed by atoms with Gasteiger partial charge in [0.2, 0.25) is 0 Å². The molecule has 2 rings (SSSR count). The zero-order chi connectivity index (χ0) is 17.5. The second-order valence-electron chi connectivity index (χ2n) is 6.96. The highest BCUT2D eigenvalue weighted by Gasteiger charge is 2.30. The normalized spacial score (nSPS) is 21.1. The molecule has 0 N–H and O–H groups in total. The van der Waals surface area contributed by atoms with Gasteiger partial charge in [0, 0.05) is 17.7 Å². The van der Waals surface area contributed by atoms with Crippen molar-refractivity contribution in [2.45, 2.75) is 63.0 Å². The number of ether oxygens (including phenoxy) is 1. The number of hydrogen-bond acceptors (Lipinski definition) is 4. The SMILES string of the molecule is CCOC(=O)CC1CCC(=O)C(Sc2ccc(CC(C)C)cc2)C1. The van der Waals surface area contributed by atoms with Crippen molar-refractivity contribution in [1.82, 2.24) is 0 Å². The second kappa shape index (κ2) is 9.26. The molecule has 1 aromatic rings. The summed E-state index contributed by atoms with van der Waals surface area (Å²) in [5, 5.41) is -0.0332. The molecular weight excluding hydrogens is 320 g/mol. The largest absolute Gasteiger partial charge is 0.466 e. The number of benzene rings is 1. The quantitative estimate of drug-likeness (QED) is 0.672. The molecule has 2 unspecified atom stereocenters. The summed E-state index contributed by atoms with van der Waals surface area (Å²) in [4.78, 5) is 25.0. The van der Waals surface area contributed by atoms with Gasteiger partial charge in [-0.25, -0.2) is 0 Å². The van der Waals surface area contributed by atoms with Crippen LogP contribution in [-0.2, 0) is 20.7 Å². The molecule has 1 saturated carbocycles. The van der Waals surface area contributed by atoms with E-state index in [-0.39, 0.29) is 17.1 Å². The third-order valence-electron chi connectivity index (χ3n) is 4.31. The smallest absolute Gasteiger partial charge is 0.306 e. The maximum absolute atomic E-state index is 12.2. The van der Waals surface area contributed by atoms with E-state index in [2.05, 4.69) is 38.1 Å². The lowest BCUT2D eigenvalue weighted by molar-refractivity contribution is -0.144. The van der Waals surface area contributed by atoms with Gasteiger partial charge < -0.3 is 4.74 Å². The number of carbonyl (C=O) groups excluding carboxylic acids is 2. The molecule has 1 aliphatic rings. The summed E-state index contributed by atoms with van der Waals surface area (Å²) in [7, 11) is 0. The summed E-state index contributed by atoms with van der Waals surface area (Å²) < 4.78 is 5.04. The van der Waals surface area contributed by atoms with Crippen molar-refractivity contribution in [3.8, 4) is 0 Å². The molecule has 0 saturated heterocycles. The molecule has 24 heavy (non-hydrogen) atoms. The van der Waals surface area contributed by atoms with Crippen LogP contribution in [0.4, 0.5) is 0 Å². The van der Waals surface area contributed by atoms with Gasteiger partial charge in [-0.1, -0.05) is 26.0 Å². The van der Waals surface area contributed by atoms with Gasteiger partial charge in [0.15, 0.2) is 0 Å². The first-order chi connectivity index (χ1) is 11.5. The lowest BCUT2D eigenvalue weighted by Gasteiger charge is -2.27. The van der Waals surface area contributed by atoms with Crippen LogP contribution in [0, 0.1) is 11.8 Å². The standard InChI is InChI=1S/C20H28O3S/c1-4-23-20(22)13-16-7-10-18(21)19(12-16)24-17-8-5-15(6-9-17)11-14(2)3/h5-6,8-9,14,16,19H,4,7,10-13H2,1-3H3. The first-order valence-corrected chi connectivity index (χ1v) is 9.79. The Balaban J connectivity index is 1.92. The summed E-state index contributed by atoms with van der Waals surface area (Å²) in [5.74, 6) is 1.08. The molecule has 1 aromatic carbocycles. The molecule has 0 spiro atoms. The van der Waals surface area contributed by atoms with Gasteiger partial charge in [-0.15, -0.1) is 11.8 Å². The van der Waals surface area contributed by atoms with Gasteiger partial charge in [0.05, 0.1) is 11.9 Å². The minimum Gasteiger partial charge on any atom is -0.466 e. The van der Waals surface area contributed by atoms with Crippen LogP contribution in [0.25, 0.3) is 0 Å². The number of ketones is 1. The van der Waals surface area contributed by atoms with Crippen LogP contribution >= 0.6 is 11.8 Å². The van der Waals surface area contributed by atoms with Crippen molar-refractivity contribution >= 4 is 23.5 Å². The van der Waals surface area contributed by atoms with E-state index in [1.54, 1.807) is 11.8 Å². The Hall–Kier alpha value is -1.29. The maximum Gasteiger partial charge on any atom is 0.306 e. The zero-order valence-electron chi connectivity index (χ0n) is 14.9. The van der Waals surface area contributed by atoms with Crippen molar-refractivity contribution in [3.63, 3.8) is 0 Å². The first kappa shape index (κ1) is 19.0. The third-order valence-corrected chi connectivity index (χ3v) is 5.60. The molecular formula is C20H28O3S. The Labute approximate surface area is 149 Å². The molecule has 0 bridgehead atoms. The summed E-state index contributed by atoms with van der Waals surface area (Å²) in [6.07, 6.45) is 3.67. The Morgan fingerprint density at radius 3 is 2.62 bits per heavy atom. The maximum atomic E-state index is 12.2. The van der Waals surface area contributed by atoms with Crippen molar-refractivity contribution in [2.24, 2.45) is 11.8 Å². The van der Waals surface area contributed by atoms with Crippen molar-refractivity contribution < 1.29 is 14.3 Å². The number of rotatable bonds is 7. The third kappa shape index (κ3) is 5.97. The highest BCUT2D eigenvalue weighted by Crippen LogP contribution is 2.36. The Morgan fingerprint density at radius 2 is 2.00 bits per heavy atom. The molecule has 0 amide bonds. The van der Waals surface area contributed by atoms with Gasteiger partial charge in [-0.2, -0.15) is 0 Å². The van der Waals surface area contributed by atoms with Gasteiger partial charge in [-0.3, -0.25) is 9.59 Å². The fraction of sp³-hybridized carbons (Fsp3) is 0.600. The van der Waals surface area contributed by atoms with E-state index in [0.29, 0.717) is 31.1 Å². The number of hydrogen-bond donors (Lipinski definition) is 0. The average molecular weight is 349 g/mol. The predicted octanol–water partition coefficient (Wildman–Crippen LogP) is 4.67. The first-order valence-electron chi connectivity index (χ1n) is 8.91. The topological polar surface area (TPSA) is 43.4 Å². The van der Waals surface area contributed by atoms with Crippen molar-refractivity contribution in [2.75, 3.05) is 6.61 Å². The lowest BCUT2D eigenvalue weighted by atomic mass is 9.86. The fourth-order valence-electron chi connectivity index (χ4n) is 3.15. The number of thioether (sulfide) groups is 1. The Kier molecular flexibility index (Phi) is 7.35. The summed E-state index contributed by atoms with van der Waals surface area (Å²) in [6, 6.07) is 8.55. The van der Waals surface area contributed by atoms with Crippen LogP contribution in [0.5, 0.6) is 0 Å². The van der Waals surface area contributed by atoms with E-state index in [0.717, 1.165) is 24.2 Å². The van der Waals surface area contributed by atoms with E-state index >= 15 is 0 Å². The number of Topliss-reactive ketones (excluding diaryl/α,β-unsaturated/α-hetero) is 1. The highest BCUT2D eigenvalue weighted by molar-refractivity contribution is 8.00. The summed E-state index contributed by atoms with van der Waals surface area (Å²) in [6.45, 7) is 6.68. The van der Waals surface area contributed by atoms with Crippen LogP contribution < -0.4 is 0 Å². The van der Waals surface area contributed by atoms with Gasteiger partial charge in [0.1, 0.15) is 5.78 Å². The zero-order valence-corrected chi connectivity index (χ0v) is 15.7. The van der Waals surface area contributed by atoms with Crippen LogP contribution in [0.15, 0.2) is 29.2 Å². The molecule has 1 fully saturated rings. The molecule has 0 heterocycles. The average Bonchev–Trinajstić information content (AvgIpc) is 2.52. The molecule has 0 radical (unpaired) electrons. The number of carbonyl (C=O) groups is 2. The van der Waals surface area contributed by atoms with Crippen LogP contribution in [0.3, 0.4) is 0 Å². The minimum absolute atomic E-state index is 0.0332. The van der Waals surface area contributed by atoms with E-state index in [4.69, 9.17) is 4.74 Å². The Morgan fingerprint density at radius 1 is 1.29 bits per heavy atom. The van der Waals surface area contributed by atoms with Gasteiger partial charge in [0.25, 0.3) is 0 Å². The molecule has 0 aliphatic heterocycles. The van der Waals surface area contributed by atoms with Crippen LogP contribution in [0.1, 0.15) is 52.0 Å². The fourth-order valence-corrected chi connectivity index (χ4v) is 4.39. The molecule has 132 valence electrons. The summed E-state index contributed by atoms with van der Waals surface area (Å²) >= 11 is 1.64. The minimum atomic E-state index is -0.140. The van der Waals surface area contributed by atoms with E-state index in [1.165, 1.54) is 5.56 Å². The van der Waals surface area contributed by atoms with E-state index < -0.39 is 0 Å². The molecule has 3 nitrogen and oxygen atoms in total. The predicted molar refractivity (Wildman–Crippen MR) is 98.2 cm³/mol.